The number of ether oxygens (including phenoxy) is 1. The van der Waals surface area contributed by atoms with Crippen LogP contribution >= 0.6 is 0 Å². The number of sulfonamides is 1. The minimum atomic E-state index is -3.33. The third kappa shape index (κ3) is 4.56. The number of rotatable bonds is 7. The number of aromatic hydroxyl groups is 1. The summed E-state index contributed by atoms with van der Waals surface area (Å²) in [5.41, 5.74) is 1.57. The summed E-state index contributed by atoms with van der Waals surface area (Å²) in [6.45, 7) is 2.85. The van der Waals surface area contributed by atoms with E-state index in [1.807, 2.05) is 31.2 Å². The fourth-order valence-corrected chi connectivity index (χ4v) is 4.73. The predicted octanol–water partition coefficient (Wildman–Crippen LogP) is 2.90. The summed E-state index contributed by atoms with van der Waals surface area (Å²) < 4.78 is 31.0. The first-order chi connectivity index (χ1) is 13.4. The van der Waals surface area contributed by atoms with Crippen LogP contribution in [0.15, 0.2) is 42.5 Å². The molecule has 2 N–H and O–H groups in total. The topological polar surface area (TPSA) is 95.9 Å². The maximum Gasteiger partial charge on any atom is 0.235 e. The summed E-state index contributed by atoms with van der Waals surface area (Å²) in [4.78, 5) is 12.4. The molecule has 0 spiro atoms. The van der Waals surface area contributed by atoms with Crippen molar-refractivity contribution in [3.8, 4) is 11.5 Å². The SMILES string of the molecule is CCOc1ccccc1CCC(=O)Nc1cc(N2CCCS2(=O)=O)ccc1O. The van der Waals surface area contributed by atoms with Gasteiger partial charge in [0.25, 0.3) is 0 Å². The molecule has 1 saturated heterocycles. The molecule has 0 atom stereocenters. The highest BCUT2D eigenvalue weighted by Crippen LogP contribution is 2.32. The number of carbonyl (C=O) groups is 1. The van der Waals surface area contributed by atoms with E-state index < -0.39 is 10.0 Å². The van der Waals surface area contributed by atoms with E-state index in [1.54, 1.807) is 0 Å². The Morgan fingerprint density at radius 2 is 2.04 bits per heavy atom. The third-order valence-corrected chi connectivity index (χ3v) is 6.40. The highest BCUT2D eigenvalue weighted by molar-refractivity contribution is 7.93. The zero-order valence-electron chi connectivity index (χ0n) is 15.7. The van der Waals surface area contributed by atoms with Crippen LogP contribution in [-0.2, 0) is 21.2 Å². The molecule has 1 amide bonds. The molecular formula is C20H24N2O5S. The van der Waals surface area contributed by atoms with Gasteiger partial charge in [-0.25, -0.2) is 8.42 Å². The van der Waals surface area contributed by atoms with Crippen LogP contribution in [0.3, 0.4) is 0 Å². The van der Waals surface area contributed by atoms with Crippen LogP contribution in [0.1, 0.15) is 25.3 Å². The lowest BCUT2D eigenvalue weighted by Gasteiger charge is -2.18. The highest BCUT2D eigenvalue weighted by atomic mass is 32.2. The molecule has 1 aliphatic rings. The number of anilines is 2. The number of nitrogens with one attached hydrogen (secondary N) is 1. The number of amides is 1. The van der Waals surface area contributed by atoms with Gasteiger partial charge in [0.05, 0.1) is 23.7 Å². The number of nitrogens with zero attached hydrogens (tertiary/aromatic N) is 1. The fourth-order valence-electron chi connectivity index (χ4n) is 3.18. The van der Waals surface area contributed by atoms with Crippen molar-refractivity contribution in [1.82, 2.24) is 0 Å². The molecule has 0 radical (unpaired) electrons. The van der Waals surface area contributed by atoms with Gasteiger partial charge in [0.15, 0.2) is 0 Å². The summed E-state index contributed by atoms with van der Waals surface area (Å²) in [6.07, 6.45) is 1.25. The Labute approximate surface area is 165 Å². The van der Waals surface area contributed by atoms with Crippen LogP contribution in [0.25, 0.3) is 0 Å². The maximum absolute atomic E-state index is 12.4. The van der Waals surface area contributed by atoms with Gasteiger partial charge in [-0.15, -0.1) is 0 Å². The number of benzene rings is 2. The fraction of sp³-hybridized carbons (Fsp3) is 0.350. The van der Waals surface area contributed by atoms with Crippen molar-refractivity contribution in [3.63, 3.8) is 0 Å². The third-order valence-electron chi connectivity index (χ3n) is 4.54. The monoisotopic (exact) mass is 404 g/mol. The molecule has 28 heavy (non-hydrogen) atoms. The Morgan fingerprint density at radius 3 is 2.75 bits per heavy atom. The zero-order valence-corrected chi connectivity index (χ0v) is 16.5. The minimum Gasteiger partial charge on any atom is -0.506 e. The lowest BCUT2D eigenvalue weighted by molar-refractivity contribution is -0.116. The van der Waals surface area contributed by atoms with Gasteiger partial charge < -0.3 is 15.2 Å². The van der Waals surface area contributed by atoms with Gasteiger partial charge in [-0.1, -0.05) is 18.2 Å². The lowest BCUT2D eigenvalue weighted by Crippen LogP contribution is -2.25. The average molecular weight is 404 g/mol. The first-order valence-electron chi connectivity index (χ1n) is 9.24. The van der Waals surface area contributed by atoms with E-state index >= 15 is 0 Å². The lowest BCUT2D eigenvalue weighted by atomic mass is 10.1. The number of hydrogen-bond acceptors (Lipinski definition) is 5. The van der Waals surface area contributed by atoms with Crippen LogP contribution in [0.2, 0.25) is 0 Å². The first kappa shape index (κ1) is 20.0. The molecule has 7 nitrogen and oxygen atoms in total. The predicted molar refractivity (Wildman–Crippen MR) is 108 cm³/mol. The van der Waals surface area contributed by atoms with Crippen molar-refractivity contribution >= 4 is 27.3 Å². The number of hydrogen-bond donors (Lipinski definition) is 2. The molecule has 3 rings (SSSR count). The first-order valence-corrected chi connectivity index (χ1v) is 10.9. The Bertz CT molecular complexity index is 959. The Balaban J connectivity index is 1.68. The van der Waals surface area contributed by atoms with Gasteiger partial charge in [-0.2, -0.15) is 0 Å². The van der Waals surface area contributed by atoms with E-state index in [2.05, 4.69) is 5.32 Å². The van der Waals surface area contributed by atoms with Gasteiger partial charge in [0, 0.05) is 13.0 Å². The van der Waals surface area contributed by atoms with Gasteiger partial charge in [0.2, 0.25) is 15.9 Å². The highest BCUT2D eigenvalue weighted by Gasteiger charge is 2.28. The van der Waals surface area contributed by atoms with Crippen molar-refractivity contribution < 1.29 is 23.1 Å². The van der Waals surface area contributed by atoms with E-state index in [9.17, 15) is 18.3 Å². The molecular weight excluding hydrogens is 380 g/mol. The van der Waals surface area contributed by atoms with Crippen molar-refractivity contribution in [2.45, 2.75) is 26.2 Å². The summed E-state index contributed by atoms with van der Waals surface area (Å²) in [7, 11) is -3.33. The molecule has 2 aromatic carbocycles. The number of carbonyl (C=O) groups excluding carboxylic acids is 1. The van der Waals surface area contributed by atoms with Crippen LogP contribution < -0.4 is 14.4 Å². The quantitative estimate of drug-likeness (QED) is 0.692. The van der Waals surface area contributed by atoms with Crippen molar-refractivity contribution in [2.75, 3.05) is 28.5 Å². The summed E-state index contributed by atoms with van der Waals surface area (Å²) in [5.74, 6) is 0.475. The molecule has 150 valence electrons. The van der Waals surface area contributed by atoms with Crippen LogP contribution in [0.4, 0.5) is 11.4 Å². The molecule has 0 aromatic heterocycles. The van der Waals surface area contributed by atoms with Gasteiger partial charge >= 0.3 is 0 Å². The van der Waals surface area contributed by atoms with Gasteiger partial charge in [-0.3, -0.25) is 9.10 Å². The van der Waals surface area contributed by atoms with Crippen LogP contribution in [0, 0.1) is 0 Å². The number of para-hydroxylation sites is 1. The maximum atomic E-state index is 12.4. The second-order valence-corrected chi connectivity index (χ2v) is 8.54. The molecule has 1 aliphatic heterocycles. The van der Waals surface area contributed by atoms with E-state index in [0.29, 0.717) is 31.7 Å². The van der Waals surface area contributed by atoms with E-state index in [0.717, 1.165) is 11.3 Å². The number of phenolic OH excluding ortho intramolecular Hbond substituents is 1. The van der Waals surface area contributed by atoms with E-state index in [-0.39, 0.29) is 29.5 Å². The van der Waals surface area contributed by atoms with Gasteiger partial charge in [-0.05, 0) is 49.6 Å². The molecule has 0 bridgehead atoms. The smallest absolute Gasteiger partial charge is 0.235 e. The van der Waals surface area contributed by atoms with Crippen molar-refractivity contribution in [3.05, 3.63) is 48.0 Å². The van der Waals surface area contributed by atoms with Crippen LogP contribution in [-0.4, -0.2) is 38.3 Å². The number of aryl methyl sites for hydroxylation is 1. The normalized spacial score (nSPS) is 15.4. The molecule has 0 saturated carbocycles. The standard InChI is InChI=1S/C20H24N2O5S/c1-2-27-19-7-4-3-6-15(19)8-11-20(24)21-17-14-16(9-10-18(17)23)22-12-5-13-28(22,25)26/h3-4,6-7,9-10,14,23H,2,5,8,11-13H2,1H3,(H,21,24). The zero-order chi connectivity index (χ0) is 20.1. The Morgan fingerprint density at radius 1 is 1.25 bits per heavy atom. The molecule has 8 heteroatoms. The van der Waals surface area contributed by atoms with E-state index in [1.165, 1.54) is 22.5 Å². The van der Waals surface area contributed by atoms with Crippen molar-refractivity contribution in [2.24, 2.45) is 0 Å². The van der Waals surface area contributed by atoms with Crippen molar-refractivity contribution in [1.29, 1.82) is 0 Å². The second-order valence-electron chi connectivity index (χ2n) is 6.53. The van der Waals surface area contributed by atoms with Gasteiger partial charge in [0.1, 0.15) is 11.5 Å². The Kier molecular flexibility index (Phi) is 6.08. The minimum absolute atomic E-state index is 0.106. The molecule has 2 aromatic rings. The van der Waals surface area contributed by atoms with E-state index in [4.69, 9.17) is 4.74 Å². The summed E-state index contributed by atoms with van der Waals surface area (Å²) in [5, 5.41) is 12.7. The summed E-state index contributed by atoms with van der Waals surface area (Å²) >= 11 is 0. The van der Waals surface area contributed by atoms with Crippen LogP contribution in [0.5, 0.6) is 11.5 Å². The second kappa shape index (κ2) is 8.52. The largest absolute Gasteiger partial charge is 0.506 e. The summed E-state index contributed by atoms with van der Waals surface area (Å²) in [6, 6.07) is 12.0. The Hall–Kier alpha value is -2.74. The molecule has 1 fully saturated rings. The molecule has 1 heterocycles. The number of phenols is 1. The molecule has 0 aliphatic carbocycles. The molecule has 0 unspecified atom stereocenters. The average Bonchev–Trinajstić information content (AvgIpc) is 3.02.